The van der Waals surface area contributed by atoms with Gasteiger partial charge in [0.1, 0.15) is 0 Å². The average Bonchev–Trinajstić information content (AvgIpc) is 3.30. The van der Waals surface area contributed by atoms with Gasteiger partial charge >= 0.3 is 6.03 Å². The number of para-hydroxylation sites is 1. The zero-order valence-electron chi connectivity index (χ0n) is 12.2. The zero-order valence-corrected chi connectivity index (χ0v) is 13.0. The smallest absolute Gasteiger partial charge is 0.321 e. The first-order chi connectivity index (χ1) is 10.6. The van der Waals surface area contributed by atoms with Gasteiger partial charge in [0.15, 0.2) is 0 Å². The lowest BCUT2D eigenvalue weighted by Gasteiger charge is -2.11. The maximum Gasteiger partial charge on any atom is 0.321 e. The highest BCUT2D eigenvalue weighted by atomic mass is 32.2. The van der Waals surface area contributed by atoms with Crippen molar-refractivity contribution in [1.82, 2.24) is 15.6 Å². The van der Waals surface area contributed by atoms with Crippen LogP contribution in [0.1, 0.15) is 19.8 Å². The van der Waals surface area contributed by atoms with Crippen molar-refractivity contribution in [2.75, 3.05) is 0 Å². The molecule has 1 aliphatic rings. The van der Waals surface area contributed by atoms with E-state index in [0.29, 0.717) is 0 Å². The van der Waals surface area contributed by atoms with Gasteiger partial charge in [0, 0.05) is 11.4 Å². The molecule has 114 valence electrons. The van der Waals surface area contributed by atoms with Crippen molar-refractivity contribution in [1.29, 1.82) is 0 Å². The topological polar surface area (TPSA) is 71.1 Å². The van der Waals surface area contributed by atoms with Crippen molar-refractivity contribution in [3.05, 3.63) is 36.4 Å². The zero-order chi connectivity index (χ0) is 15.5. The predicted molar refractivity (Wildman–Crippen MR) is 86.8 cm³/mol. The van der Waals surface area contributed by atoms with E-state index < -0.39 is 11.3 Å². The molecule has 3 rings (SSSR count). The number of imide groups is 1. The molecule has 0 bridgehead atoms. The van der Waals surface area contributed by atoms with Gasteiger partial charge in [-0.2, -0.15) is 0 Å². The van der Waals surface area contributed by atoms with Gasteiger partial charge in [-0.3, -0.25) is 10.1 Å². The number of hydrogen-bond donors (Lipinski definition) is 2. The Balaban J connectivity index is 1.60. The predicted octanol–water partition coefficient (Wildman–Crippen LogP) is 2.70. The van der Waals surface area contributed by atoms with E-state index in [2.05, 4.69) is 15.6 Å². The number of fused-ring (bicyclic) bond motifs is 1. The summed E-state index contributed by atoms with van der Waals surface area (Å²) < 4.78 is 0. The number of aromatic nitrogens is 1. The Morgan fingerprint density at radius 1 is 1.23 bits per heavy atom. The van der Waals surface area contributed by atoms with E-state index in [0.717, 1.165) is 28.8 Å². The highest BCUT2D eigenvalue weighted by Gasteiger charge is 2.25. The minimum Gasteiger partial charge on any atom is -0.335 e. The molecule has 1 aromatic heterocycles. The van der Waals surface area contributed by atoms with Crippen LogP contribution in [0.3, 0.4) is 0 Å². The maximum absolute atomic E-state index is 12.0. The van der Waals surface area contributed by atoms with E-state index in [-0.39, 0.29) is 11.9 Å². The Bertz CT molecular complexity index is 715. The molecule has 3 amide bonds. The molecule has 0 spiro atoms. The third kappa shape index (κ3) is 3.76. The number of urea groups is 1. The summed E-state index contributed by atoms with van der Waals surface area (Å²) in [5.41, 5.74) is 0.895. The first-order valence-electron chi connectivity index (χ1n) is 7.25. The number of benzene rings is 1. The molecule has 0 aliphatic heterocycles. The number of carbonyl (C=O) groups excluding carboxylic acids is 2. The summed E-state index contributed by atoms with van der Waals surface area (Å²) in [5, 5.41) is 6.54. The third-order valence-corrected chi connectivity index (χ3v) is 4.43. The number of rotatable bonds is 4. The van der Waals surface area contributed by atoms with E-state index in [1.165, 1.54) is 11.8 Å². The van der Waals surface area contributed by atoms with Gasteiger partial charge < -0.3 is 5.32 Å². The number of pyridine rings is 1. The van der Waals surface area contributed by atoms with Gasteiger partial charge in [0.05, 0.1) is 15.8 Å². The Morgan fingerprint density at radius 3 is 2.77 bits per heavy atom. The highest BCUT2D eigenvalue weighted by molar-refractivity contribution is 8.00. The number of thioether (sulfide) groups is 1. The highest BCUT2D eigenvalue weighted by Crippen LogP contribution is 2.24. The molecule has 2 aromatic rings. The largest absolute Gasteiger partial charge is 0.335 e. The molecule has 1 heterocycles. The van der Waals surface area contributed by atoms with Gasteiger partial charge in [-0.25, -0.2) is 9.78 Å². The van der Waals surface area contributed by atoms with E-state index in [9.17, 15) is 9.59 Å². The van der Waals surface area contributed by atoms with Crippen molar-refractivity contribution < 1.29 is 9.59 Å². The molecule has 1 atom stereocenters. The summed E-state index contributed by atoms with van der Waals surface area (Å²) >= 11 is 1.34. The summed E-state index contributed by atoms with van der Waals surface area (Å²) in [6.45, 7) is 1.77. The Kier molecular flexibility index (Phi) is 4.29. The van der Waals surface area contributed by atoms with Gasteiger partial charge in [0.25, 0.3) is 0 Å². The summed E-state index contributed by atoms with van der Waals surface area (Å²) in [6.07, 6.45) is 1.99. The van der Waals surface area contributed by atoms with Crippen LogP contribution in [0.15, 0.2) is 41.4 Å². The fraction of sp³-hybridized carbons (Fsp3) is 0.312. The second-order valence-corrected chi connectivity index (χ2v) is 6.70. The van der Waals surface area contributed by atoms with Crippen LogP contribution in [0.4, 0.5) is 4.79 Å². The lowest BCUT2D eigenvalue weighted by molar-refractivity contribution is -0.119. The fourth-order valence-electron chi connectivity index (χ4n) is 2.01. The molecule has 1 saturated carbocycles. The van der Waals surface area contributed by atoms with Crippen molar-refractivity contribution >= 4 is 34.6 Å². The monoisotopic (exact) mass is 315 g/mol. The molecule has 5 nitrogen and oxygen atoms in total. The molecule has 0 saturated heterocycles. The fourth-order valence-corrected chi connectivity index (χ4v) is 2.84. The molecule has 1 aromatic carbocycles. The molecule has 1 fully saturated rings. The molecule has 0 radical (unpaired) electrons. The standard InChI is InChI=1S/C16H17N3O2S/c1-10(15(20)19-16(21)17-12-7-8-12)22-14-9-6-11-4-2-3-5-13(11)18-14/h2-6,9-10,12H,7-8H2,1H3,(H2,17,19,20,21). The van der Waals surface area contributed by atoms with Crippen LogP contribution in [-0.2, 0) is 4.79 Å². The Labute approximate surface area is 132 Å². The average molecular weight is 315 g/mol. The molecule has 22 heavy (non-hydrogen) atoms. The lowest BCUT2D eigenvalue weighted by atomic mass is 10.2. The SMILES string of the molecule is CC(Sc1ccc2ccccc2n1)C(=O)NC(=O)NC1CC1. The van der Waals surface area contributed by atoms with Crippen LogP contribution in [0.25, 0.3) is 10.9 Å². The van der Waals surface area contributed by atoms with Crippen molar-refractivity contribution in [3.63, 3.8) is 0 Å². The number of hydrogen-bond acceptors (Lipinski definition) is 4. The van der Waals surface area contributed by atoms with Crippen LogP contribution in [0, 0.1) is 0 Å². The van der Waals surface area contributed by atoms with E-state index in [4.69, 9.17) is 0 Å². The lowest BCUT2D eigenvalue weighted by Crippen LogP contribution is -2.43. The van der Waals surface area contributed by atoms with Crippen molar-refractivity contribution in [3.8, 4) is 0 Å². The van der Waals surface area contributed by atoms with Crippen molar-refractivity contribution in [2.24, 2.45) is 0 Å². The Hall–Kier alpha value is -2.08. The first kappa shape index (κ1) is 14.8. The van der Waals surface area contributed by atoms with Crippen LogP contribution in [-0.4, -0.2) is 28.2 Å². The van der Waals surface area contributed by atoms with Crippen molar-refractivity contribution in [2.45, 2.75) is 36.1 Å². The van der Waals surface area contributed by atoms with Gasteiger partial charge in [0.2, 0.25) is 5.91 Å². The third-order valence-electron chi connectivity index (χ3n) is 3.39. The second-order valence-electron chi connectivity index (χ2n) is 5.34. The van der Waals surface area contributed by atoms with E-state index >= 15 is 0 Å². The van der Waals surface area contributed by atoms with Gasteiger partial charge in [-0.05, 0) is 31.9 Å². The molecular formula is C16H17N3O2S. The Morgan fingerprint density at radius 2 is 2.00 bits per heavy atom. The number of amides is 3. The van der Waals surface area contributed by atoms with Crippen LogP contribution < -0.4 is 10.6 Å². The number of nitrogens with zero attached hydrogens (tertiary/aromatic N) is 1. The molecule has 6 heteroatoms. The van der Waals surface area contributed by atoms with Gasteiger partial charge in [-0.15, -0.1) is 0 Å². The molecule has 1 unspecified atom stereocenters. The summed E-state index contributed by atoms with van der Waals surface area (Å²) in [7, 11) is 0. The second kappa shape index (κ2) is 6.36. The molecule has 1 aliphatic carbocycles. The molecule has 2 N–H and O–H groups in total. The normalized spacial score (nSPS) is 15.3. The van der Waals surface area contributed by atoms with E-state index in [1.54, 1.807) is 6.92 Å². The minimum absolute atomic E-state index is 0.234. The quantitative estimate of drug-likeness (QED) is 0.851. The number of carbonyl (C=O) groups is 2. The summed E-state index contributed by atoms with van der Waals surface area (Å²) in [5.74, 6) is -0.307. The van der Waals surface area contributed by atoms with Gasteiger partial charge in [-0.1, -0.05) is 36.0 Å². The first-order valence-corrected chi connectivity index (χ1v) is 8.13. The van der Waals surface area contributed by atoms with Crippen LogP contribution in [0.5, 0.6) is 0 Å². The molecular weight excluding hydrogens is 298 g/mol. The van der Waals surface area contributed by atoms with Crippen LogP contribution in [0.2, 0.25) is 0 Å². The minimum atomic E-state index is -0.411. The van der Waals surface area contributed by atoms with E-state index in [1.807, 2.05) is 36.4 Å². The van der Waals surface area contributed by atoms with Crippen LogP contribution >= 0.6 is 11.8 Å². The maximum atomic E-state index is 12.0. The number of nitrogens with one attached hydrogen (secondary N) is 2. The summed E-state index contributed by atoms with van der Waals surface area (Å²) in [4.78, 5) is 28.1. The summed E-state index contributed by atoms with van der Waals surface area (Å²) in [6, 6.07) is 11.5.